The number of nitrogens with one attached hydrogen (secondary N) is 1. The van der Waals surface area contributed by atoms with Crippen molar-refractivity contribution in [2.24, 2.45) is 0 Å². The first-order valence-corrected chi connectivity index (χ1v) is 13.0. The normalized spacial score (nSPS) is 16.7. The topological polar surface area (TPSA) is 129 Å². The average Bonchev–Trinajstić information content (AvgIpc) is 3.49. The van der Waals surface area contributed by atoms with Crippen LogP contribution < -0.4 is 10.2 Å². The van der Waals surface area contributed by atoms with Crippen molar-refractivity contribution in [1.29, 1.82) is 0 Å². The lowest BCUT2D eigenvalue weighted by molar-refractivity contribution is -0.127. The van der Waals surface area contributed by atoms with Gasteiger partial charge in [0.1, 0.15) is 18.1 Å². The van der Waals surface area contributed by atoms with Gasteiger partial charge in [-0.15, -0.1) is 0 Å². The molecule has 0 aliphatic carbocycles. The number of carbonyl (C=O) groups excluding carboxylic acids is 3. The fraction of sp³-hybridized carbons (Fsp3) is 0.214. The number of furan rings is 1. The fourth-order valence-corrected chi connectivity index (χ4v) is 5.10. The largest absolute Gasteiger partial charge is 0.478 e. The van der Waals surface area contributed by atoms with Gasteiger partial charge >= 0.3 is 5.97 Å². The Hall–Kier alpha value is -4.35. The highest BCUT2D eigenvalue weighted by Crippen LogP contribution is 2.34. The predicted molar refractivity (Wildman–Crippen MR) is 147 cm³/mol. The zero-order chi connectivity index (χ0) is 27.5. The standard InChI is InChI=1S/C28H25N3O7S/c1-17-2-3-18(27(34)35)14-22(17)23-9-8-21(38-23)15-24-26(33)31(28(36)39-24)16-25(32)29-19-4-6-20(7-5-19)30-10-12-37-13-11-30/h2-9,14-15H,10-13,16H2,1H3,(H,29,32)(H,34,35)/b24-15-. The number of aromatic carboxylic acids is 1. The first kappa shape index (κ1) is 26.3. The summed E-state index contributed by atoms with van der Waals surface area (Å²) in [6.45, 7) is 4.36. The van der Waals surface area contributed by atoms with E-state index in [0.717, 1.165) is 41.0 Å². The van der Waals surface area contributed by atoms with Gasteiger partial charge in [0.15, 0.2) is 0 Å². The Morgan fingerprint density at radius 2 is 1.79 bits per heavy atom. The van der Waals surface area contributed by atoms with Gasteiger partial charge in [0.2, 0.25) is 5.91 Å². The molecule has 2 aromatic carbocycles. The van der Waals surface area contributed by atoms with Crippen LogP contribution in [0.25, 0.3) is 17.4 Å². The third-order valence-corrected chi connectivity index (χ3v) is 7.26. The minimum atomic E-state index is -1.05. The van der Waals surface area contributed by atoms with Crippen LogP contribution in [-0.4, -0.2) is 65.9 Å². The van der Waals surface area contributed by atoms with Crippen molar-refractivity contribution in [3.8, 4) is 11.3 Å². The Labute approximate surface area is 228 Å². The number of ether oxygens (including phenoxy) is 1. The van der Waals surface area contributed by atoms with Crippen LogP contribution in [-0.2, 0) is 14.3 Å². The maximum atomic E-state index is 12.9. The summed E-state index contributed by atoms with van der Waals surface area (Å²) < 4.78 is 11.2. The molecule has 0 atom stereocenters. The first-order chi connectivity index (χ1) is 18.8. The van der Waals surface area contributed by atoms with Crippen molar-refractivity contribution in [2.45, 2.75) is 6.92 Å². The number of imide groups is 1. The molecule has 2 aliphatic heterocycles. The second-order valence-electron chi connectivity index (χ2n) is 9.00. The first-order valence-electron chi connectivity index (χ1n) is 12.2. The third-order valence-electron chi connectivity index (χ3n) is 6.35. The molecule has 2 fully saturated rings. The number of aryl methyl sites for hydroxylation is 1. The van der Waals surface area contributed by atoms with Crippen molar-refractivity contribution in [3.63, 3.8) is 0 Å². The molecule has 5 rings (SSSR count). The van der Waals surface area contributed by atoms with Crippen LogP contribution in [0.1, 0.15) is 21.7 Å². The number of thioether (sulfide) groups is 1. The van der Waals surface area contributed by atoms with Crippen molar-refractivity contribution < 1.29 is 33.4 Å². The van der Waals surface area contributed by atoms with Crippen molar-refractivity contribution in [1.82, 2.24) is 4.90 Å². The van der Waals surface area contributed by atoms with Crippen molar-refractivity contribution in [3.05, 3.63) is 76.4 Å². The second-order valence-corrected chi connectivity index (χ2v) is 9.99. The summed E-state index contributed by atoms with van der Waals surface area (Å²) >= 11 is 0.722. The van der Waals surface area contributed by atoms with Crippen LogP contribution in [0.15, 0.2) is 63.9 Å². The Bertz CT molecular complexity index is 1470. The number of hydrogen-bond donors (Lipinski definition) is 2. The van der Waals surface area contributed by atoms with Gasteiger partial charge in [0, 0.05) is 36.1 Å². The number of carboxylic acids is 1. The lowest BCUT2D eigenvalue weighted by atomic mass is 10.0. The summed E-state index contributed by atoms with van der Waals surface area (Å²) in [7, 11) is 0. The van der Waals surface area contributed by atoms with Crippen molar-refractivity contribution in [2.75, 3.05) is 43.1 Å². The van der Waals surface area contributed by atoms with Gasteiger partial charge in [-0.3, -0.25) is 19.3 Å². The molecule has 0 saturated carbocycles. The summed E-state index contributed by atoms with van der Waals surface area (Å²) in [5, 5.41) is 11.4. The summed E-state index contributed by atoms with van der Waals surface area (Å²) in [5.74, 6) is -1.39. The maximum absolute atomic E-state index is 12.9. The average molecular weight is 548 g/mol. The number of benzene rings is 2. The molecule has 0 unspecified atom stereocenters. The maximum Gasteiger partial charge on any atom is 0.335 e. The molecule has 200 valence electrons. The van der Waals surface area contributed by atoms with E-state index < -0.39 is 29.6 Å². The Morgan fingerprint density at radius 3 is 2.51 bits per heavy atom. The molecular weight excluding hydrogens is 522 g/mol. The van der Waals surface area contributed by atoms with E-state index in [1.54, 1.807) is 30.3 Å². The highest BCUT2D eigenvalue weighted by molar-refractivity contribution is 8.18. The van der Waals surface area contributed by atoms with Gasteiger partial charge in [-0.25, -0.2) is 4.79 Å². The van der Waals surface area contributed by atoms with Crippen LogP contribution in [0.4, 0.5) is 16.2 Å². The minimum absolute atomic E-state index is 0.125. The minimum Gasteiger partial charge on any atom is -0.478 e. The van der Waals surface area contributed by atoms with Gasteiger partial charge in [-0.1, -0.05) is 6.07 Å². The quantitative estimate of drug-likeness (QED) is 0.412. The number of carboxylic acid groups (broad SMARTS) is 1. The molecule has 2 aliphatic rings. The zero-order valence-electron chi connectivity index (χ0n) is 21.0. The van der Waals surface area contributed by atoms with Gasteiger partial charge in [0.05, 0.1) is 23.7 Å². The smallest absolute Gasteiger partial charge is 0.335 e. The molecule has 3 aromatic rings. The fourth-order valence-electron chi connectivity index (χ4n) is 4.28. The van der Waals surface area contributed by atoms with E-state index in [9.17, 15) is 24.3 Å². The molecule has 39 heavy (non-hydrogen) atoms. The van der Waals surface area contributed by atoms with Crippen LogP contribution in [0.3, 0.4) is 0 Å². The molecule has 3 amide bonds. The van der Waals surface area contributed by atoms with Crippen molar-refractivity contribution >= 4 is 52.2 Å². The van der Waals surface area contributed by atoms with Crippen LogP contribution in [0.5, 0.6) is 0 Å². The summed E-state index contributed by atoms with van der Waals surface area (Å²) in [5.41, 5.74) is 3.14. The number of morpholine rings is 1. The monoisotopic (exact) mass is 547 g/mol. The lowest BCUT2D eigenvalue weighted by Gasteiger charge is -2.28. The molecule has 2 saturated heterocycles. The Morgan fingerprint density at radius 1 is 1.05 bits per heavy atom. The van der Waals surface area contributed by atoms with E-state index in [1.807, 2.05) is 19.1 Å². The van der Waals surface area contributed by atoms with E-state index in [-0.39, 0.29) is 10.5 Å². The molecule has 11 heteroatoms. The van der Waals surface area contributed by atoms with E-state index in [4.69, 9.17) is 9.15 Å². The molecule has 0 spiro atoms. The SMILES string of the molecule is Cc1ccc(C(=O)O)cc1-c1ccc(/C=C2\SC(=O)N(CC(=O)Nc3ccc(N4CCOCC4)cc3)C2=O)o1. The molecular formula is C28H25N3O7S. The number of carbonyl (C=O) groups is 4. The van der Waals surface area contributed by atoms with E-state index in [0.29, 0.717) is 36.0 Å². The summed E-state index contributed by atoms with van der Waals surface area (Å²) in [4.78, 5) is 52.5. The van der Waals surface area contributed by atoms with Gasteiger partial charge in [0.25, 0.3) is 11.1 Å². The molecule has 1 aromatic heterocycles. The van der Waals surface area contributed by atoms with E-state index in [1.165, 1.54) is 18.2 Å². The number of amides is 3. The summed E-state index contributed by atoms with van der Waals surface area (Å²) in [6.07, 6.45) is 1.44. The molecule has 2 N–H and O–H groups in total. The predicted octanol–water partition coefficient (Wildman–Crippen LogP) is 4.46. The zero-order valence-corrected chi connectivity index (χ0v) is 21.8. The molecule has 0 bridgehead atoms. The van der Waals surface area contributed by atoms with Crippen LogP contribution in [0, 0.1) is 6.92 Å². The summed E-state index contributed by atoms with van der Waals surface area (Å²) in [6, 6.07) is 15.4. The molecule has 3 heterocycles. The number of hydrogen-bond acceptors (Lipinski definition) is 8. The number of rotatable bonds is 7. The Balaban J connectivity index is 1.23. The van der Waals surface area contributed by atoms with E-state index in [2.05, 4.69) is 10.2 Å². The number of anilines is 2. The highest BCUT2D eigenvalue weighted by Gasteiger charge is 2.36. The highest BCUT2D eigenvalue weighted by atomic mass is 32.2. The second kappa shape index (κ2) is 11.2. The van der Waals surface area contributed by atoms with E-state index >= 15 is 0 Å². The van der Waals surface area contributed by atoms with Gasteiger partial charge in [-0.2, -0.15) is 0 Å². The van der Waals surface area contributed by atoms with Gasteiger partial charge in [-0.05, 0) is 72.8 Å². The lowest BCUT2D eigenvalue weighted by Crippen LogP contribution is -2.36. The van der Waals surface area contributed by atoms with Crippen LogP contribution >= 0.6 is 11.8 Å². The number of nitrogens with zero attached hydrogens (tertiary/aromatic N) is 2. The van der Waals surface area contributed by atoms with Gasteiger partial charge < -0.3 is 24.5 Å². The molecule has 0 radical (unpaired) electrons. The molecule has 10 nitrogen and oxygen atoms in total. The Kier molecular flexibility index (Phi) is 7.53. The third kappa shape index (κ3) is 5.89. The van der Waals surface area contributed by atoms with Crippen LogP contribution in [0.2, 0.25) is 0 Å².